The second kappa shape index (κ2) is 5.47. The maximum absolute atomic E-state index is 14.1. The van der Waals surface area contributed by atoms with Gasteiger partial charge in [0, 0.05) is 24.0 Å². The Kier molecular flexibility index (Phi) is 3.93. The summed E-state index contributed by atoms with van der Waals surface area (Å²) in [4.78, 5) is 0. The number of hydrogen-bond acceptors (Lipinski definition) is 1. The van der Waals surface area contributed by atoms with Gasteiger partial charge in [-0.05, 0) is 24.5 Å². The van der Waals surface area contributed by atoms with Crippen LogP contribution in [-0.2, 0) is 0 Å². The number of hydrogen-bond donors (Lipinski definition) is 1. The van der Waals surface area contributed by atoms with Crippen LogP contribution < -0.4 is 0 Å². The molecule has 2 rings (SSSR count). The molecule has 0 heterocycles. The smallest absolute Gasteiger partial charge is 0.131 e. The zero-order valence-corrected chi connectivity index (χ0v) is 11.1. The van der Waals surface area contributed by atoms with Gasteiger partial charge >= 0.3 is 0 Å². The van der Waals surface area contributed by atoms with Crippen molar-refractivity contribution >= 4 is 5.71 Å². The minimum Gasteiger partial charge on any atom is -0.300 e. The Morgan fingerprint density at radius 3 is 2.84 bits per heavy atom. The first-order valence-electron chi connectivity index (χ1n) is 6.44. The average molecular weight is 261 g/mol. The summed E-state index contributed by atoms with van der Waals surface area (Å²) in [6, 6.07) is 0. The van der Waals surface area contributed by atoms with Crippen molar-refractivity contribution in [1.29, 1.82) is 5.41 Å². The Bertz CT molecular complexity index is 559. The Labute approximate surface area is 112 Å². The second-order valence-electron chi connectivity index (χ2n) is 4.81. The highest BCUT2D eigenvalue weighted by Crippen LogP contribution is 2.38. The van der Waals surface area contributed by atoms with Crippen LogP contribution in [0.5, 0.6) is 0 Å². The van der Waals surface area contributed by atoms with Crippen molar-refractivity contribution in [3.05, 3.63) is 58.8 Å². The van der Waals surface area contributed by atoms with E-state index in [9.17, 15) is 8.78 Å². The zero-order chi connectivity index (χ0) is 14.0. The Morgan fingerprint density at radius 2 is 2.16 bits per heavy atom. The predicted octanol–water partition coefficient (Wildman–Crippen LogP) is 4.96. The molecule has 1 unspecified atom stereocenters. The van der Waals surface area contributed by atoms with E-state index >= 15 is 0 Å². The highest BCUT2D eigenvalue weighted by atomic mass is 19.1. The van der Waals surface area contributed by atoms with E-state index < -0.39 is 17.6 Å². The number of rotatable bonds is 1. The molecule has 0 aliphatic heterocycles. The Hall–Kier alpha value is -1.77. The highest BCUT2D eigenvalue weighted by Gasteiger charge is 2.30. The van der Waals surface area contributed by atoms with Crippen LogP contribution in [0, 0.1) is 11.3 Å². The molecule has 0 saturated carbocycles. The average Bonchev–Trinajstić information content (AvgIpc) is 2.34. The number of fused-ring (bicyclic) bond motifs is 1. The van der Waals surface area contributed by atoms with Crippen LogP contribution in [-0.4, -0.2) is 5.71 Å². The number of allylic oxidation sites excluding steroid dienone is 10. The molecule has 0 fully saturated rings. The van der Waals surface area contributed by atoms with Gasteiger partial charge in [0.2, 0.25) is 0 Å². The maximum atomic E-state index is 14.1. The lowest BCUT2D eigenvalue weighted by atomic mass is 9.78. The van der Waals surface area contributed by atoms with Crippen LogP contribution in [0.3, 0.4) is 0 Å². The first-order valence-corrected chi connectivity index (χ1v) is 6.44. The van der Waals surface area contributed by atoms with Crippen LogP contribution in [0.2, 0.25) is 0 Å². The SMILES string of the molecule is CCC=C1/C=C\C=C(\C)C(=N)C2=C(F)C=C(F)CC12. The van der Waals surface area contributed by atoms with Gasteiger partial charge in [0.15, 0.2) is 0 Å². The molecule has 0 radical (unpaired) electrons. The Morgan fingerprint density at radius 1 is 1.42 bits per heavy atom. The van der Waals surface area contributed by atoms with Crippen molar-refractivity contribution in [2.45, 2.75) is 26.7 Å². The van der Waals surface area contributed by atoms with Gasteiger partial charge in [0.05, 0.1) is 5.71 Å². The standard InChI is InChI=1S/C16H17F2N/c1-3-5-11-7-4-6-10(2)16(19)15-13(11)8-12(17)9-14(15)18/h4-7,9,13,19H,3,8H2,1-2H3/b7-4-,10-6-,11-5?,19-16?. The molecule has 0 saturated heterocycles. The fraction of sp³-hybridized carbons (Fsp3) is 0.312. The summed E-state index contributed by atoms with van der Waals surface area (Å²) >= 11 is 0. The van der Waals surface area contributed by atoms with Gasteiger partial charge in [-0.15, -0.1) is 0 Å². The zero-order valence-electron chi connectivity index (χ0n) is 11.1. The molecule has 1 nitrogen and oxygen atoms in total. The van der Waals surface area contributed by atoms with Crippen LogP contribution >= 0.6 is 0 Å². The van der Waals surface area contributed by atoms with Crippen LogP contribution in [0.25, 0.3) is 0 Å². The van der Waals surface area contributed by atoms with Gasteiger partial charge in [0.25, 0.3) is 0 Å². The van der Waals surface area contributed by atoms with Crippen molar-refractivity contribution in [2.75, 3.05) is 0 Å². The van der Waals surface area contributed by atoms with Gasteiger partial charge in [-0.25, -0.2) is 8.78 Å². The van der Waals surface area contributed by atoms with Gasteiger partial charge in [0.1, 0.15) is 11.7 Å². The summed E-state index contributed by atoms with van der Waals surface area (Å²) in [5.74, 6) is -1.47. The molecule has 0 amide bonds. The fourth-order valence-corrected chi connectivity index (χ4v) is 2.48. The molecule has 0 aromatic rings. The molecule has 1 atom stereocenters. The lowest BCUT2D eigenvalue weighted by Crippen LogP contribution is -2.20. The molecule has 2 aliphatic rings. The third-order valence-corrected chi connectivity index (χ3v) is 3.43. The van der Waals surface area contributed by atoms with Crippen LogP contribution in [0.1, 0.15) is 26.7 Å². The van der Waals surface area contributed by atoms with Crippen molar-refractivity contribution in [1.82, 2.24) is 0 Å². The summed E-state index contributed by atoms with van der Waals surface area (Å²) in [6.45, 7) is 3.76. The van der Waals surface area contributed by atoms with Crippen molar-refractivity contribution < 1.29 is 8.78 Å². The summed E-state index contributed by atoms with van der Waals surface area (Å²) in [6.07, 6.45) is 9.32. The summed E-state index contributed by atoms with van der Waals surface area (Å²) in [5, 5.41) is 8.10. The Balaban J connectivity index is 2.62. The molecule has 0 spiro atoms. The third kappa shape index (κ3) is 2.65. The summed E-state index contributed by atoms with van der Waals surface area (Å²) in [7, 11) is 0. The first-order chi connectivity index (χ1) is 9.04. The molecule has 0 aromatic heterocycles. The molecule has 1 N–H and O–H groups in total. The monoisotopic (exact) mass is 261 g/mol. The lowest BCUT2D eigenvalue weighted by molar-refractivity contribution is 0.511. The molecular formula is C16H17F2N. The van der Waals surface area contributed by atoms with E-state index in [0.29, 0.717) is 11.1 Å². The molecule has 0 aromatic carbocycles. The molecule has 2 aliphatic carbocycles. The minimum atomic E-state index is -0.621. The van der Waals surface area contributed by atoms with E-state index in [0.717, 1.165) is 18.1 Å². The van der Waals surface area contributed by atoms with Crippen LogP contribution in [0.4, 0.5) is 8.78 Å². The van der Waals surface area contributed by atoms with E-state index in [1.165, 1.54) is 0 Å². The van der Waals surface area contributed by atoms with Gasteiger partial charge < -0.3 is 5.41 Å². The quantitative estimate of drug-likeness (QED) is 0.690. The molecule has 3 heteroatoms. The molecular weight excluding hydrogens is 244 g/mol. The summed E-state index contributed by atoms with van der Waals surface area (Å²) in [5.41, 5.74) is 2.04. The lowest BCUT2D eigenvalue weighted by Gasteiger charge is -2.26. The van der Waals surface area contributed by atoms with E-state index in [-0.39, 0.29) is 12.1 Å². The van der Waals surface area contributed by atoms with Gasteiger partial charge in [-0.3, -0.25) is 0 Å². The van der Waals surface area contributed by atoms with Crippen LogP contribution in [0.15, 0.2) is 58.8 Å². The molecule has 19 heavy (non-hydrogen) atoms. The van der Waals surface area contributed by atoms with Gasteiger partial charge in [-0.2, -0.15) is 0 Å². The van der Waals surface area contributed by atoms with Crippen molar-refractivity contribution in [2.24, 2.45) is 5.92 Å². The van der Waals surface area contributed by atoms with Crippen molar-refractivity contribution in [3.8, 4) is 0 Å². The summed E-state index contributed by atoms with van der Waals surface area (Å²) < 4.78 is 27.6. The maximum Gasteiger partial charge on any atom is 0.131 e. The van der Waals surface area contributed by atoms with E-state index in [1.807, 2.05) is 25.2 Å². The largest absolute Gasteiger partial charge is 0.300 e. The minimum absolute atomic E-state index is 0.134. The number of halogens is 2. The van der Waals surface area contributed by atoms with Crippen molar-refractivity contribution in [3.63, 3.8) is 0 Å². The third-order valence-electron chi connectivity index (χ3n) is 3.43. The molecule has 100 valence electrons. The highest BCUT2D eigenvalue weighted by molar-refractivity contribution is 6.11. The number of nitrogens with one attached hydrogen (secondary N) is 1. The van der Waals surface area contributed by atoms with E-state index in [1.54, 1.807) is 13.0 Å². The predicted molar refractivity (Wildman–Crippen MR) is 74.4 cm³/mol. The molecule has 0 bridgehead atoms. The van der Waals surface area contributed by atoms with E-state index in [4.69, 9.17) is 5.41 Å². The second-order valence-corrected chi connectivity index (χ2v) is 4.81. The first kappa shape index (κ1) is 13.7. The van der Waals surface area contributed by atoms with E-state index in [2.05, 4.69) is 0 Å². The normalized spacial score (nSPS) is 30.2. The fourth-order valence-electron chi connectivity index (χ4n) is 2.48. The van der Waals surface area contributed by atoms with Gasteiger partial charge in [-0.1, -0.05) is 31.2 Å². The topological polar surface area (TPSA) is 23.9 Å².